The molecule has 1 aromatic rings. The zero-order chi connectivity index (χ0) is 7.56. The molecule has 0 heterocycles. The molecule has 0 atom stereocenters. The molecule has 0 nitrogen and oxygen atoms in total. The molecule has 1 heteroatoms. The van der Waals surface area contributed by atoms with E-state index in [0.29, 0.717) is 0 Å². The van der Waals surface area contributed by atoms with E-state index in [1.807, 2.05) is 0 Å². The van der Waals surface area contributed by atoms with Gasteiger partial charge in [-0.25, -0.2) is 0 Å². The van der Waals surface area contributed by atoms with Gasteiger partial charge in [0.25, 0.3) is 0 Å². The van der Waals surface area contributed by atoms with E-state index in [9.17, 15) is 0 Å². The number of halogens is 1. The molecule has 10 heavy (non-hydrogen) atoms. The van der Waals surface area contributed by atoms with Gasteiger partial charge in [-0.15, -0.1) is 0 Å². The van der Waals surface area contributed by atoms with Crippen LogP contribution < -0.4 is 0 Å². The highest BCUT2D eigenvalue weighted by molar-refractivity contribution is 9.08. The minimum absolute atomic E-state index is 0.964. The molecule has 0 bridgehead atoms. The summed E-state index contributed by atoms with van der Waals surface area (Å²) in [6.45, 7) is 4.28. The van der Waals surface area contributed by atoms with E-state index in [1.165, 1.54) is 16.7 Å². The summed E-state index contributed by atoms with van der Waals surface area (Å²) < 4.78 is 0. The quantitative estimate of drug-likeness (QED) is 0.609. The Bertz CT molecular complexity index is 208. The summed E-state index contributed by atoms with van der Waals surface area (Å²) in [6, 6.07) is 6.38. The van der Waals surface area contributed by atoms with Gasteiger partial charge in [0.1, 0.15) is 0 Å². The lowest BCUT2D eigenvalue weighted by Crippen LogP contribution is -1.87. The fraction of sp³-hybridized carbons (Fsp3) is 0.333. The van der Waals surface area contributed by atoms with E-state index in [-0.39, 0.29) is 0 Å². The molecule has 0 aliphatic heterocycles. The molecule has 0 aliphatic carbocycles. The Morgan fingerprint density at radius 1 is 1.20 bits per heavy atom. The third-order valence-corrected chi connectivity index (χ3v) is 2.34. The number of alkyl halides is 1. The monoisotopic (exact) mass is 198 g/mol. The van der Waals surface area contributed by atoms with Crippen LogP contribution >= 0.6 is 15.9 Å². The Kier molecular flexibility index (Phi) is 2.50. The second kappa shape index (κ2) is 3.20. The predicted octanol–water partition coefficient (Wildman–Crippen LogP) is 3.20. The summed E-state index contributed by atoms with van der Waals surface area (Å²) in [5.41, 5.74) is 4.16. The van der Waals surface area contributed by atoms with Crippen molar-refractivity contribution in [3.8, 4) is 0 Å². The molecule has 0 saturated heterocycles. The van der Waals surface area contributed by atoms with Crippen molar-refractivity contribution < 1.29 is 0 Å². The maximum Gasteiger partial charge on any atom is 0.0288 e. The Morgan fingerprint density at radius 3 is 2.00 bits per heavy atom. The SMILES string of the molecule is Cc1cccc(C)c1CBr. The predicted molar refractivity (Wildman–Crippen MR) is 48.5 cm³/mol. The maximum atomic E-state index is 3.46. The second-order valence-electron chi connectivity index (χ2n) is 2.50. The molecule has 0 unspecified atom stereocenters. The molecule has 0 N–H and O–H groups in total. The van der Waals surface area contributed by atoms with Gasteiger partial charge in [-0.3, -0.25) is 0 Å². The molecule has 0 aromatic heterocycles. The van der Waals surface area contributed by atoms with Gasteiger partial charge < -0.3 is 0 Å². The largest absolute Gasteiger partial charge is 0.0876 e. The van der Waals surface area contributed by atoms with Crippen LogP contribution in [0.3, 0.4) is 0 Å². The number of benzene rings is 1. The highest BCUT2D eigenvalue weighted by Crippen LogP contribution is 2.15. The van der Waals surface area contributed by atoms with E-state index in [4.69, 9.17) is 0 Å². The van der Waals surface area contributed by atoms with Gasteiger partial charge in [-0.05, 0) is 30.5 Å². The van der Waals surface area contributed by atoms with Crippen LogP contribution in [0.1, 0.15) is 16.7 Å². The van der Waals surface area contributed by atoms with E-state index < -0.39 is 0 Å². The normalized spacial score (nSPS) is 9.90. The average Bonchev–Trinajstić information content (AvgIpc) is 1.88. The Labute approximate surface area is 70.4 Å². The van der Waals surface area contributed by atoms with Crippen LogP contribution in [0.5, 0.6) is 0 Å². The van der Waals surface area contributed by atoms with Crippen LogP contribution in [0.2, 0.25) is 0 Å². The first-order chi connectivity index (χ1) is 4.75. The van der Waals surface area contributed by atoms with Gasteiger partial charge in [0.2, 0.25) is 0 Å². The second-order valence-corrected chi connectivity index (χ2v) is 3.06. The van der Waals surface area contributed by atoms with Crippen molar-refractivity contribution in [2.45, 2.75) is 19.2 Å². The van der Waals surface area contributed by atoms with Crippen molar-refractivity contribution >= 4 is 15.9 Å². The van der Waals surface area contributed by atoms with Gasteiger partial charge in [-0.2, -0.15) is 0 Å². The number of aryl methyl sites for hydroxylation is 2. The lowest BCUT2D eigenvalue weighted by molar-refractivity contribution is 1.25. The Balaban J connectivity index is 3.17. The van der Waals surface area contributed by atoms with Crippen LogP contribution in [0.4, 0.5) is 0 Å². The lowest BCUT2D eigenvalue weighted by Gasteiger charge is -2.04. The minimum Gasteiger partial charge on any atom is -0.0876 e. The van der Waals surface area contributed by atoms with Gasteiger partial charge >= 0.3 is 0 Å². The first kappa shape index (κ1) is 7.80. The van der Waals surface area contributed by atoms with Crippen molar-refractivity contribution in [1.29, 1.82) is 0 Å². The number of rotatable bonds is 1. The summed E-state index contributed by atoms with van der Waals surface area (Å²) in [5, 5.41) is 0.964. The zero-order valence-electron chi connectivity index (χ0n) is 6.32. The topological polar surface area (TPSA) is 0 Å². The highest BCUT2D eigenvalue weighted by Gasteiger charge is 1.97. The summed E-state index contributed by atoms with van der Waals surface area (Å²) in [4.78, 5) is 0. The molecule has 0 fully saturated rings. The molecule has 54 valence electrons. The van der Waals surface area contributed by atoms with E-state index in [0.717, 1.165) is 5.33 Å². The maximum absolute atomic E-state index is 3.46. The molecule has 1 rings (SSSR count). The lowest BCUT2D eigenvalue weighted by atomic mass is 10.1. The first-order valence-corrected chi connectivity index (χ1v) is 4.49. The van der Waals surface area contributed by atoms with Gasteiger partial charge in [0.15, 0.2) is 0 Å². The molecule has 0 spiro atoms. The van der Waals surface area contributed by atoms with Crippen LogP contribution in [-0.4, -0.2) is 0 Å². The number of hydrogen-bond acceptors (Lipinski definition) is 0. The van der Waals surface area contributed by atoms with Gasteiger partial charge in [0, 0.05) is 5.33 Å². The summed E-state index contributed by atoms with van der Waals surface area (Å²) in [7, 11) is 0. The van der Waals surface area contributed by atoms with Crippen LogP contribution in [0.15, 0.2) is 18.2 Å². The van der Waals surface area contributed by atoms with Crippen molar-refractivity contribution in [2.75, 3.05) is 0 Å². The smallest absolute Gasteiger partial charge is 0.0288 e. The number of hydrogen-bond donors (Lipinski definition) is 0. The van der Waals surface area contributed by atoms with Gasteiger partial charge in [-0.1, -0.05) is 34.1 Å². The molecular formula is C9H11Br. The molecule has 0 aliphatic rings. The van der Waals surface area contributed by atoms with E-state index in [2.05, 4.69) is 48.0 Å². The van der Waals surface area contributed by atoms with Crippen molar-refractivity contribution in [2.24, 2.45) is 0 Å². The van der Waals surface area contributed by atoms with Crippen LogP contribution in [0.25, 0.3) is 0 Å². The van der Waals surface area contributed by atoms with Gasteiger partial charge in [0.05, 0.1) is 0 Å². The summed E-state index contributed by atoms with van der Waals surface area (Å²) in [5.74, 6) is 0. The molecule has 1 aromatic carbocycles. The molecule has 0 amide bonds. The third-order valence-electron chi connectivity index (χ3n) is 1.78. The fourth-order valence-corrected chi connectivity index (χ4v) is 1.94. The van der Waals surface area contributed by atoms with Crippen LogP contribution in [-0.2, 0) is 5.33 Å². The first-order valence-electron chi connectivity index (χ1n) is 3.36. The summed E-state index contributed by atoms with van der Waals surface area (Å²) in [6.07, 6.45) is 0. The molecule has 0 saturated carbocycles. The zero-order valence-corrected chi connectivity index (χ0v) is 7.90. The average molecular weight is 199 g/mol. The molecule has 0 radical (unpaired) electrons. The summed E-state index contributed by atoms with van der Waals surface area (Å²) >= 11 is 3.46. The Hall–Kier alpha value is -0.300. The third kappa shape index (κ3) is 1.40. The highest BCUT2D eigenvalue weighted by atomic mass is 79.9. The molecular weight excluding hydrogens is 188 g/mol. The van der Waals surface area contributed by atoms with E-state index >= 15 is 0 Å². The van der Waals surface area contributed by atoms with E-state index in [1.54, 1.807) is 0 Å². The standard InChI is InChI=1S/C9H11Br/c1-7-4-3-5-8(2)9(7)6-10/h3-5H,6H2,1-2H3. The van der Waals surface area contributed by atoms with Crippen LogP contribution in [0, 0.1) is 13.8 Å². The van der Waals surface area contributed by atoms with Crippen molar-refractivity contribution in [3.63, 3.8) is 0 Å². The Morgan fingerprint density at radius 2 is 1.70 bits per heavy atom. The minimum atomic E-state index is 0.964. The fourth-order valence-electron chi connectivity index (χ4n) is 1.06. The van der Waals surface area contributed by atoms with Crippen molar-refractivity contribution in [1.82, 2.24) is 0 Å². The van der Waals surface area contributed by atoms with Crippen molar-refractivity contribution in [3.05, 3.63) is 34.9 Å².